The molecule has 0 heterocycles. The van der Waals surface area contributed by atoms with Crippen molar-refractivity contribution >= 4 is 8.56 Å². The predicted octanol–water partition coefficient (Wildman–Crippen LogP) is 2.97. The Bertz CT molecular complexity index is 315. The molecule has 6 N–H and O–H groups in total. The van der Waals surface area contributed by atoms with Crippen LogP contribution in [-0.4, -0.2) is 26.6 Å². The molecule has 0 aromatic carbocycles. The largest absolute Gasteiger partial charge is 0.459 e. The number of hydrogen-bond donors (Lipinski definition) is 3. The molecule has 0 unspecified atom stereocenters. The van der Waals surface area contributed by atoms with Gasteiger partial charge in [-0.2, -0.15) is 30.7 Å². The van der Waals surface area contributed by atoms with Crippen LogP contribution in [0.25, 0.3) is 0 Å². The van der Waals surface area contributed by atoms with Gasteiger partial charge >= 0.3 is 18.0 Å². The van der Waals surface area contributed by atoms with Crippen molar-refractivity contribution in [2.75, 3.05) is 0 Å². The van der Waals surface area contributed by atoms with Crippen molar-refractivity contribution in [3.05, 3.63) is 0 Å². The second-order valence-corrected chi connectivity index (χ2v) is 7.88. The van der Waals surface area contributed by atoms with E-state index in [4.69, 9.17) is 16.2 Å². The number of halogens is 7. The fraction of sp³-hybridized carbons (Fsp3) is 1.00. The van der Waals surface area contributed by atoms with Crippen LogP contribution in [0.3, 0.4) is 0 Å². The standard InChI is InChI=1S/C10H20F7N3Si/c11-8(12,9(13,14)10(15,16)17)6-4-2-1-3-5-7-21(18,19)20/h1-7,18-20H2. The summed E-state index contributed by atoms with van der Waals surface area (Å²) in [5.74, 6) is -11.1. The third-order valence-corrected chi connectivity index (χ3v) is 4.14. The van der Waals surface area contributed by atoms with Crippen molar-refractivity contribution in [1.82, 2.24) is 0 Å². The Morgan fingerprint density at radius 1 is 0.667 bits per heavy atom. The van der Waals surface area contributed by atoms with Gasteiger partial charge in [-0.1, -0.05) is 25.7 Å². The van der Waals surface area contributed by atoms with Gasteiger partial charge in [-0.3, -0.25) is 0 Å². The van der Waals surface area contributed by atoms with Crippen molar-refractivity contribution in [3.63, 3.8) is 0 Å². The predicted molar refractivity (Wildman–Crippen MR) is 66.8 cm³/mol. The van der Waals surface area contributed by atoms with Gasteiger partial charge in [0, 0.05) is 6.42 Å². The fourth-order valence-corrected chi connectivity index (χ4v) is 2.54. The van der Waals surface area contributed by atoms with Gasteiger partial charge in [0.2, 0.25) is 0 Å². The second kappa shape index (κ2) is 7.25. The fourth-order valence-electron chi connectivity index (χ4n) is 1.67. The van der Waals surface area contributed by atoms with E-state index in [1.165, 1.54) is 0 Å². The molecule has 0 aromatic rings. The highest BCUT2D eigenvalue weighted by Crippen LogP contribution is 2.48. The molecule has 128 valence electrons. The van der Waals surface area contributed by atoms with Crippen molar-refractivity contribution in [2.45, 2.75) is 62.6 Å². The molecular weight excluding hydrogens is 323 g/mol. The summed E-state index contributed by atoms with van der Waals surface area (Å²) >= 11 is 0. The minimum absolute atomic E-state index is 0.123. The molecule has 0 amide bonds. The molecule has 3 nitrogen and oxygen atoms in total. The van der Waals surface area contributed by atoms with E-state index in [0.717, 1.165) is 0 Å². The Kier molecular flexibility index (Phi) is 7.11. The summed E-state index contributed by atoms with van der Waals surface area (Å²) in [6.07, 6.45) is -6.52. The van der Waals surface area contributed by atoms with E-state index in [0.29, 0.717) is 25.3 Å². The first-order valence-electron chi connectivity index (χ1n) is 6.40. The van der Waals surface area contributed by atoms with Crippen LogP contribution in [0.15, 0.2) is 0 Å². The molecule has 0 spiro atoms. The zero-order valence-corrected chi connectivity index (χ0v) is 12.3. The zero-order valence-electron chi connectivity index (χ0n) is 11.3. The number of hydrogen-bond acceptors (Lipinski definition) is 3. The first-order valence-corrected chi connectivity index (χ1v) is 8.84. The topological polar surface area (TPSA) is 78.1 Å². The third-order valence-electron chi connectivity index (χ3n) is 2.92. The first-order chi connectivity index (χ1) is 9.21. The molecule has 0 rings (SSSR count). The Hall–Kier alpha value is -0.393. The van der Waals surface area contributed by atoms with Gasteiger partial charge in [-0.05, 0) is 12.5 Å². The molecule has 0 saturated heterocycles. The van der Waals surface area contributed by atoms with Crippen LogP contribution in [0.2, 0.25) is 6.04 Å². The summed E-state index contributed by atoms with van der Waals surface area (Å²) in [5, 5.41) is 16.3. The molecule has 11 heteroatoms. The monoisotopic (exact) mass is 343 g/mol. The van der Waals surface area contributed by atoms with Gasteiger partial charge in [0.1, 0.15) is 0 Å². The summed E-state index contributed by atoms with van der Waals surface area (Å²) < 4.78 is 86.5. The van der Waals surface area contributed by atoms with Gasteiger partial charge in [-0.15, -0.1) is 0 Å². The zero-order chi connectivity index (χ0) is 16.9. The van der Waals surface area contributed by atoms with Crippen LogP contribution in [0.1, 0.15) is 38.5 Å². The van der Waals surface area contributed by atoms with E-state index >= 15 is 0 Å². The summed E-state index contributed by atoms with van der Waals surface area (Å²) in [5.41, 5.74) is 0. The summed E-state index contributed by atoms with van der Waals surface area (Å²) in [4.78, 5) is 0. The second-order valence-electron chi connectivity index (χ2n) is 5.16. The van der Waals surface area contributed by atoms with Gasteiger partial charge in [0.25, 0.3) is 8.56 Å². The van der Waals surface area contributed by atoms with Crippen LogP contribution >= 0.6 is 0 Å². The molecule has 0 aliphatic carbocycles. The molecule has 0 aromatic heterocycles. The molecule has 0 aliphatic rings. The maximum absolute atomic E-state index is 12.9. The quantitative estimate of drug-likeness (QED) is 0.342. The van der Waals surface area contributed by atoms with Crippen LogP contribution in [0, 0.1) is 0 Å². The Morgan fingerprint density at radius 2 is 1.10 bits per heavy atom. The van der Waals surface area contributed by atoms with Crippen molar-refractivity contribution in [2.24, 2.45) is 16.2 Å². The number of nitrogens with two attached hydrogens (primary N) is 3. The smallest absolute Gasteiger partial charge is 0.327 e. The van der Waals surface area contributed by atoms with Crippen molar-refractivity contribution in [1.29, 1.82) is 0 Å². The molecular formula is C10H20F7N3Si. The van der Waals surface area contributed by atoms with E-state index in [1.54, 1.807) is 0 Å². The SMILES string of the molecule is N[Si](N)(N)CCCCCCCC(F)(F)C(F)(F)C(F)(F)F. The maximum atomic E-state index is 12.9. The van der Waals surface area contributed by atoms with Crippen LogP contribution < -0.4 is 16.2 Å². The van der Waals surface area contributed by atoms with Gasteiger partial charge in [0.05, 0.1) is 0 Å². The molecule has 0 atom stereocenters. The van der Waals surface area contributed by atoms with E-state index in [9.17, 15) is 30.7 Å². The molecule has 0 radical (unpaired) electrons. The van der Waals surface area contributed by atoms with E-state index < -0.39 is 39.4 Å². The average Bonchev–Trinajstić information content (AvgIpc) is 2.24. The van der Waals surface area contributed by atoms with Crippen LogP contribution in [0.4, 0.5) is 30.7 Å². The average molecular weight is 343 g/mol. The lowest BCUT2D eigenvalue weighted by molar-refractivity contribution is -0.355. The molecule has 0 fully saturated rings. The number of alkyl halides is 7. The molecule has 21 heavy (non-hydrogen) atoms. The van der Waals surface area contributed by atoms with Crippen molar-refractivity contribution < 1.29 is 30.7 Å². The highest BCUT2D eigenvalue weighted by Gasteiger charge is 2.72. The normalized spacial score (nSPS) is 14.6. The first kappa shape index (κ1) is 20.6. The lowest BCUT2D eigenvalue weighted by Crippen LogP contribution is -2.64. The number of unbranched alkanes of at least 4 members (excludes halogenated alkanes) is 4. The highest BCUT2D eigenvalue weighted by atomic mass is 28.4. The molecule has 0 saturated carbocycles. The van der Waals surface area contributed by atoms with E-state index in [2.05, 4.69) is 0 Å². The van der Waals surface area contributed by atoms with Gasteiger partial charge in [-0.25, -0.2) is 0 Å². The van der Waals surface area contributed by atoms with Crippen LogP contribution in [0.5, 0.6) is 0 Å². The summed E-state index contributed by atoms with van der Waals surface area (Å²) in [6.45, 7) is 0. The molecule has 0 aliphatic heterocycles. The van der Waals surface area contributed by atoms with E-state index in [1.807, 2.05) is 0 Å². The highest BCUT2D eigenvalue weighted by molar-refractivity contribution is 6.70. The minimum Gasteiger partial charge on any atom is -0.327 e. The third kappa shape index (κ3) is 6.93. The Balaban J connectivity index is 4.02. The molecule has 0 bridgehead atoms. The van der Waals surface area contributed by atoms with Gasteiger partial charge in [0.15, 0.2) is 0 Å². The minimum atomic E-state index is -6.26. The summed E-state index contributed by atoms with van der Waals surface area (Å²) in [7, 11) is -2.65. The van der Waals surface area contributed by atoms with Gasteiger partial charge < -0.3 is 16.2 Å². The van der Waals surface area contributed by atoms with Crippen molar-refractivity contribution in [3.8, 4) is 0 Å². The summed E-state index contributed by atoms with van der Waals surface area (Å²) in [6, 6.07) is 0.426. The lowest BCUT2D eigenvalue weighted by Gasteiger charge is -2.28. The Morgan fingerprint density at radius 3 is 1.52 bits per heavy atom. The lowest BCUT2D eigenvalue weighted by atomic mass is 10.0. The maximum Gasteiger partial charge on any atom is 0.459 e. The van der Waals surface area contributed by atoms with Crippen LogP contribution in [-0.2, 0) is 0 Å². The van der Waals surface area contributed by atoms with E-state index in [-0.39, 0.29) is 6.42 Å². The Labute approximate surface area is 119 Å². The number of rotatable bonds is 9.